The molecular weight excluding hydrogens is 246 g/mol. The van der Waals surface area contributed by atoms with Crippen molar-refractivity contribution in [3.8, 4) is 0 Å². The summed E-state index contributed by atoms with van der Waals surface area (Å²) < 4.78 is 30.4. The highest BCUT2D eigenvalue weighted by Gasteiger charge is 2.29. The predicted octanol–water partition coefficient (Wildman–Crippen LogP) is 0.196. The summed E-state index contributed by atoms with van der Waals surface area (Å²) in [6, 6.07) is -0.258. The summed E-state index contributed by atoms with van der Waals surface area (Å²) in [5, 5.41) is 8.90. The molecule has 1 fully saturated rings. The molecule has 100 valence electrons. The van der Waals surface area contributed by atoms with Crippen LogP contribution in [-0.2, 0) is 19.6 Å². The van der Waals surface area contributed by atoms with Gasteiger partial charge in [-0.25, -0.2) is 13.1 Å². The number of hydrogen-bond donors (Lipinski definition) is 2. The molecule has 0 aromatic rings. The first-order chi connectivity index (χ1) is 7.94. The number of aliphatic carboxylic acids is 1. The fraction of sp³-hybridized carbons (Fsp3) is 0.900. The second kappa shape index (κ2) is 6.32. The Hall–Kier alpha value is -0.660. The van der Waals surface area contributed by atoms with Crippen molar-refractivity contribution in [3.63, 3.8) is 0 Å². The molecule has 0 spiro atoms. The van der Waals surface area contributed by atoms with Crippen LogP contribution in [0.4, 0.5) is 0 Å². The van der Waals surface area contributed by atoms with E-state index in [0.717, 1.165) is 6.42 Å². The van der Waals surface area contributed by atoms with Gasteiger partial charge in [-0.05, 0) is 19.3 Å². The molecule has 0 bridgehead atoms. The molecule has 1 aliphatic carbocycles. The molecule has 17 heavy (non-hydrogen) atoms. The average molecular weight is 265 g/mol. The Balaban J connectivity index is 2.48. The van der Waals surface area contributed by atoms with Gasteiger partial charge < -0.3 is 9.84 Å². The van der Waals surface area contributed by atoms with Crippen LogP contribution in [0, 0.1) is 5.92 Å². The number of hydrogen-bond acceptors (Lipinski definition) is 4. The molecule has 0 aromatic heterocycles. The number of rotatable bonds is 6. The molecule has 1 saturated carbocycles. The fourth-order valence-electron chi connectivity index (χ4n) is 2.03. The summed E-state index contributed by atoms with van der Waals surface area (Å²) in [4.78, 5) is 10.8. The van der Waals surface area contributed by atoms with Gasteiger partial charge in [-0.1, -0.05) is 6.42 Å². The molecule has 0 radical (unpaired) electrons. The lowest BCUT2D eigenvalue weighted by Gasteiger charge is -2.27. The highest BCUT2D eigenvalue weighted by Crippen LogP contribution is 2.24. The number of methoxy groups -OCH3 is 1. The van der Waals surface area contributed by atoms with Crippen molar-refractivity contribution in [1.29, 1.82) is 0 Å². The lowest BCUT2D eigenvalue weighted by molar-refractivity contribution is -0.143. The van der Waals surface area contributed by atoms with Gasteiger partial charge in [0.2, 0.25) is 10.0 Å². The van der Waals surface area contributed by atoms with Crippen LogP contribution in [0.3, 0.4) is 0 Å². The summed E-state index contributed by atoms with van der Waals surface area (Å²) in [6.07, 6.45) is 2.46. The minimum atomic E-state index is -3.36. The van der Waals surface area contributed by atoms with Crippen molar-refractivity contribution in [3.05, 3.63) is 0 Å². The summed E-state index contributed by atoms with van der Waals surface area (Å²) in [6.45, 7) is 0.143. The third-order valence-electron chi connectivity index (χ3n) is 2.93. The quantitative estimate of drug-likeness (QED) is 0.715. The van der Waals surface area contributed by atoms with Gasteiger partial charge in [-0.15, -0.1) is 0 Å². The Morgan fingerprint density at radius 2 is 2.18 bits per heavy atom. The second-order valence-electron chi connectivity index (χ2n) is 4.33. The molecule has 0 saturated heterocycles. The lowest BCUT2D eigenvalue weighted by atomic mass is 9.86. The Bertz CT molecular complexity index is 354. The van der Waals surface area contributed by atoms with E-state index in [0.29, 0.717) is 19.3 Å². The predicted molar refractivity (Wildman–Crippen MR) is 62.2 cm³/mol. The number of ether oxygens (including phenoxy) is 1. The van der Waals surface area contributed by atoms with Crippen LogP contribution >= 0.6 is 0 Å². The van der Waals surface area contributed by atoms with Crippen molar-refractivity contribution >= 4 is 16.0 Å². The molecular formula is C10H19NO5S. The smallest absolute Gasteiger partial charge is 0.306 e. The van der Waals surface area contributed by atoms with E-state index in [2.05, 4.69) is 4.72 Å². The molecule has 0 heterocycles. The maximum Gasteiger partial charge on any atom is 0.306 e. The van der Waals surface area contributed by atoms with Gasteiger partial charge in [-0.3, -0.25) is 4.79 Å². The maximum absolute atomic E-state index is 11.6. The largest absolute Gasteiger partial charge is 0.481 e. The van der Waals surface area contributed by atoms with E-state index in [-0.39, 0.29) is 18.4 Å². The molecule has 7 heteroatoms. The highest BCUT2D eigenvalue weighted by atomic mass is 32.2. The second-order valence-corrected chi connectivity index (χ2v) is 6.20. The van der Waals surface area contributed by atoms with E-state index in [1.165, 1.54) is 7.11 Å². The number of nitrogens with one attached hydrogen (secondary N) is 1. The highest BCUT2D eigenvalue weighted by molar-refractivity contribution is 7.89. The minimum absolute atomic E-state index is 0.0856. The van der Waals surface area contributed by atoms with E-state index in [4.69, 9.17) is 9.84 Å². The third-order valence-corrected chi connectivity index (χ3v) is 4.32. The fourth-order valence-corrected chi connectivity index (χ4v) is 3.25. The van der Waals surface area contributed by atoms with Gasteiger partial charge in [-0.2, -0.15) is 0 Å². The first-order valence-electron chi connectivity index (χ1n) is 5.66. The van der Waals surface area contributed by atoms with Gasteiger partial charge in [0.05, 0.1) is 18.3 Å². The van der Waals surface area contributed by atoms with Crippen LogP contribution in [0.5, 0.6) is 0 Å². The standard InChI is InChI=1S/C10H19NO5S/c1-16-5-6-17(14,15)11-9-4-2-3-8(7-9)10(12)13/h8-9,11H,2-7H2,1H3,(H,12,13). The van der Waals surface area contributed by atoms with Crippen molar-refractivity contribution in [2.45, 2.75) is 31.7 Å². The van der Waals surface area contributed by atoms with E-state index >= 15 is 0 Å². The summed E-state index contributed by atoms with van der Waals surface area (Å²) in [5.41, 5.74) is 0. The minimum Gasteiger partial charge on any atom is -0.481 e. The number of carbonyl (C=O) groups is 1. The summed E-state index contributed by atoms with van der Waals surface area (Å²) >= 11 is 0. The molecule has 2 unspecified atom stereocenters. The Labute approximate surface area is 101 Å². The van der Waals surface area contributed by atoms with Crippen molar-refractivity contribution in [2.75, 3.05) is 19.5 Å². The lowest BCUT2D eigenvalue weighted by Crippen LogP contribution is -2.41. The van der Waals surface area contributed by atoms with Gasteiger partial charge in [0.15, 0.2) is 0 Å². The van der Waals surface area contributed by atoms with E-state index in [9.17, 15) is 13.2 Å². The molecule has 1 aliphatic rings. The van der Waals surface area contributed by atoms with Gasteiger partial charge >= 0.3 is 5.97 Å². The molecule has 0 aromatic carbocycles. The Morgan fingerprint density at radius 3 is 2.76 bits per heavy atom. The molecule has 2 N–H and O–H groups in total. The normalized spacial score (nSPS) is 25.7. The maximum atomic E-state index is 11.6. The third kappa shape index (κ3) is 5.01. The monoisotopic (exact) mass is 265 g/mol. The molecule has 0 amide bonds. The van der Waals surface area contributed by atoms with E-state index < -0.39 is 21.9 Å². The van der Waals surface area contributed by atoms with Crippen LogP contribution in [0.15, 0.2) is 0 Å². The topological polar surface area (TPSA) is 92.7 Å². The van der Waals surface area contributed by atoms with E-state index in [1.54, 1.807) is 0 Å². The number of sulfonamides is 1. The molecule has 6 nitrogen and oxygen atoms in total. The number of carboxylic acid groups (broad SMARTS) is 1. The first-order valence-corrected chi connectivity index (χ1v) is 7.31. The zero-order chi connectivity index (χ0) is 12.9. The summed E-state index contributed by atoms with van der Waals surface area (Å²) in [7, 11) is -1.92. The zero-order valence-electron chi connectivity index (χ0n) is 9.89. The Kier molecular flexibility index (Phi) is 5.35. The van der Waals surface area contributed by atoms with Crippen molar-refractivity contribution in [1.82, 2.24) is 4.72 Å². The van der Waals surface area contributed by atoms with Crippen molar-refractivity contribution in [2.24, 2.45) is 5.92 Å². The van der Waals surface area contributed by atoms with Crippen LogP contribution in [-0.4, -0.2) is 45.0 Å². The van der Waals surface area contributed by atoms with Crippen LogP contribution in [0.25, 0.3) is 0 Å². The average Bonchev–Trinajstić information content (AvgIpc) is 2.26. The SMILES string of the molecule is COCCS(=O)(=O)NC1CCCC(C(=O)O)C1. The first kappa shape index (κ1) is 14.4. The van der Waals surface area contributed by atoms with E-state index in [1.807, 2.05) is 0 Å². The number of carboxylic acids is 1. The Morgan fingerprint density at radius 1 is 1.47 bits per heavy atom. The van der Waals surface area contributed by atoms with Crippen LogP contribution in [0.1, 0.15) is 25.7 Å². The summed E-state index contributed by atoms with van der Waals surface area (Å²) in [5.74, 6) is -1.36. The van der Waals surface area contributed by atoms with Crippen LogP contribution < -0.4 is 4.72 Å². The molecule has 1 rings (SSSR count). The van der Waals surface area contributed by atoms with Gasteiger partial charge in [0, 0.05) is 13.2 Å². The van der Waals surface area contributed by atoms with Crippen LogP contribution in [0.2, 0.25) is 0 Å². The van der Waals surface area contributed by atoms with Gasteiger partial charge in [0.1, 0.15) is 0 Å². The molecule has 0 aliphatic heterocycles. The van der Waals surface area contributed by atoms with Gasteiger partial charge in [0.25, 0.3) is 0 Å². The van der Waals surface area contributed by atoms with Crippen molar-refractivity contribution < 1.29 is 23.1 Å². The zero-order valence-corrected chi connectivity index (χ0v) is 10.7. The molecule has 2 atom stereocenters.